The van der Waals surface area contributed by atoms with Crippen molar-refractivity contribution in [1.29, 1.82) is 0 Å². The molecule has 1 aliphatic carbocycles. The van der Waals surface area contributed by atoms with Gasteiger partial charge in [0.15, 0.2) is 16.6 Å². The van der Waals surface area contributed by atoms with Crippen LogP contribution in [0.15, 0.2) is 0 Å². The lowest BCUT2D eigenvalue weighted by atomic mass is 9.93. The van der Waals surface area contributed by atoms with Gasteiger partial charge < -0.3 is 50.2 Å². The molecule has 1 amide bonds. The Kier molecular flexibility index (Phi) is 27.5. The average molecular weight is 1410 g/mol. The minimum Gasteiger partial charge on any atom is -0.436 e. The third-order valence-corrected chi connectivity index (χ3v) is 64.5. The van der Waals surface area contributed by atoms with Crippen LogP contribution in [0.25, 0.3) is 0 Å². The monoisotopic (exact) mass is 1400 g/mol. The molecule has 0 spiro atoms. The highest BCUT2D eigenvalue weighted by atomic mass is 28.5. The van der Waals surface area contributed by atoms with Crippen molar-refractivity contribution in [2.45, 2.75) is 276 Å². The molecule has 14 nitrogen and oxygen atoms in total. The highest BCUT2D eigenvalue weighted by molar-refractivity contribution is 6.94. The summed E-state index contributed by atoms with van der Waals surface area (Å²) in [5.41, 5.74) is -0.0708. The lowest BCUT2D eigenvalue weighted by Gasteiger charge is -2.45. The Morgan fingerprint density at radius 3 is 1.02 bits per heavy atom. The van der Waals surface area contributed by atoms with Crippen LogP contribution in [0.3, 0.4) is 0 Å². The Morgan fingerprint density at radius 2 is 0.741 bits per heavy atom. The number of carbonyl (C=O) groups excluding carboxylic acids is 1. The van der Waals surface area contributed by atoms with E-state index in [1.807, 2.05) is 105 Å². The van der Waals surface area contributed by atoms with E-state index in [4.69, 9.17) is 45.3 Å². The van der Waals surface area contributed by atoms with E-state index in [0.29, 0.717) is 23.8 Å². The lowest BCUT2D eigenvalue weighted by Crippen LogP contribution is -2.62. The topological polar surface area (TPSA) is 131 Å². The summed E-state index contributed by atoms with van der Waals surface area (Å²) < 4.78 is 202. The third-order valence-electron chi connectivity index (χ3n) is 12.9. The van der Waals surface area contributed by atoms with Gasteiger partial charge in [0.2, 0.25) is 0 Å². The molecule has 0 aromatic carbocycles. The van der Waals surface area contributed by atoms with E-state index in [9.17, 15) is 39.9 Å². The minimum absolute atomic E-state index is 0.0708. The van der Waals surface area contributed by atoms with E-state index in [-0.39, 0.29) is 18.4 Å². The summed E-state index contributed by atoms with van der Waals surface area (Å²) in [6, 6.07) is 1.53. The molecular formula is C45H106F9NO13Si13. The molecular weight excluding hydrogens is 1300 g/mol. The zero-order chi connectivity index (χ0) is 64.4. The fraction of sp³-hybridized carbons (Fsp3) is 0.978. The highest BCUT2D eigenvalue weighted by Crippen LogP contribution is 2.47. The number of hydrogen-bond donors (Lipinski definition) is 0. The third kappa shape index (κ3) is 30.0. The molecule has 0 N–H and O–H groups in total. The Bertz CT molecular complexity index is 2040. The van der Waals surface area contributed by atoms with Crippen LogP contribution in [0, 0.1) is 0 Å². The van der Waals surface area contributed by atoms with Gasteiger partial charge in [-0.3, -0.25) is 9.53 Å². The molecule has 81 heavy (non-hydrogen) atoms. The SMILES string of the molecule is CCCC[Si](C)(C)O[Si](C)(C)O[Si](C)(C)O[Si](C)(C)O[Si](C)(C)O[Si](C)(C)O[Si](C)(C)O[Si](C)(C)O[Si](C)(C)O[Si](C)(C)O[Si](C)(C)O[Si](C)(C)CC[Si](C)(C)C1CCCC(N(C)C(=O)C(F)(OC(F)(F)CC(F)(F)F)C(F)(F)F)C1. The number of nitrogens with zero attached hydrogens (tertiary/aromatic N) is 1. The van der Waals surface area contributed by atoms with Gasteiger partial charge in [-0.15, -0.1) is 0 Å². The normalized spacial score (nSPS) is 19.0. The van der Waals surface area contributed by atoms with Gasteiger partial charge in [-0.05, 0) is 188 Å². The quantitative estimate of drug-likeness (QED) is 0.0448. The standard InChI is InChI=1S/C45H106F9NO13Si13/c1-29-30-34-70(5,6)58-72(9,10)60-74(13,14)62-76(17,18)64-78(21,22)66-80(25,26)68-81(27,28)67-79(23,24)65-77(19,20)63-75(15,16)61-73(11,12)59-71(7,8)36-35-69(3,4)40-33-31-32-39(37-40)55(2)41(56)44(51,45(52,53)54)57-43(49,50)38-42(46,47)48/h39-40H,29-38H2,1-28H3. The van der Waals surface area contributed by atoms with Crippen LogP contribution in [-0.4, -0.2) is 159 Å². The molecule has 0 heterocycles. The molecule has 3 atom stereocenters. The number of ether oxygens (including phenoxy) is 1. The molecule has 1 rings (SSSR count). The summed E-state index contributed by atoms with van der Waals surface area (Å²) in [7, 11) is -34.1. The summed E-state index contributed by atoms with van der Waals surface area (Å²) in [6.07, 6.45) is -17.3. The molecule has 1 aliphatic rings. The van der Waals surface area contributed by atoms with E-state index in [2.05, 4.69) is 77.1 Å². The number of unbranched alkanes of at least 4 members (excludes halogenated alkanes) is 1. The van der Waals surface area contributed by atoms with E-state index in [1.54, 1.807) is 0 Å². The summed E-state index contributed by atoms with van der Waals surface area (Å²) >= 11 is 0. The van der Waals surface area contributed by atoms with Gasteiger partial charge in [-0.1, -0.05) is 51.7 Å². The maximum atomic E-state index is 15.4. The molecule has 36 heteroatoms. The molecule has 0 aliphatic heterocycles. The number of likely N-dealkylation sites (N-methyl/N-ethyl adjacent to an activating group) is 1. The second kappa shape index (κ2) is 27.7. The zero-order valence-electron chi connectivity index (χ0n) is 54.4. The predicted octanol–water partition coefficient (Wildman–Crippen LogP) is 16.7. The van der Waals surface area contributed by atoms with Crippen LogP contribution in [0.4, 0.5) is 39.5 Å². The Balaban J connectivity index is 3.02. The fourth-order valence-electron chi connectivity index (χ4n) is 11.7. The Morgan fingerprint density at radius 1 is 0.444 bits per heavy atom. The van der Waals surface area contributed by atoms with Crippen LogP contribution in [0.1, 0.15) is 51.9 Å². The Labute approximate surface area is 495 Å². The van der Waals surface area contributed by atoms with Crippen LogP contribution in [-0.2, 0) is 54.8 Å². The molecule has 484 valence electrons. The molecule has 1 saturated carbocycles. The summed E-state index contributed by atoms with van der Waals surface area (Å²) in [5.74, 6) is -8.25. The van der Waals surface area contributed by atoms with E-state index >= 15 is 4.39 Å². The van der Waals surface area contributed by atoms with Gasteiger partial charge in [0, 0.05) is 13.1 Å². The first-order chi connectivity index (χ1) is 35.2. The van der Waals surface area contributed by atoms with Crippen molar-refractivity contribution in [2.75, 3.05) is 7.05 Å². The molecule has 0 bridgehead atoms. The number of halogens is 9. The van der Waals surface area contributed by atoms with E-state index in [1.165, 1.54) is 0 Å². The van der Waals surface area contributed by atoms with Crippen molar-refractivity contribution in [2.24, 2.45) is 0 Å². The molecule has 3 unspecified atom stereocenters. The maximum Gasteiger partial charge on any atom is 0.458 e. The van der Waals surface area contributed by atoms with Gasteiger partial charge in [0.25, 0.3) is 5.91 Å². The lowest BCUT2D eigenvalue weighted by molar-refractivity contribution is -0.408. The largest absolute Gasteiger partial charge is 0.458 e. The highest BCUT2D eigenvalue weighted by Gasteiger charge is 2.69. The van der Waals surface area contributed by atoms with Crippen LogP contribution < -0.4 is 0 Å². The van der Waals surface area contributed by atoms with Crippen LogP contribution in [0.2, 0.25) is 194 Å². The van der Waals surface area contributed by atoms with Crippen molar-refractivity contribution in [3.05, 3.63) is 0 Å². The van der Waals surface area contributed by atoms with Crippen molar-refractivity contribution in [1.82, 2.24) is 4.90 Å². The van der Waals surface area contributed by atoms with E-state index < -0.39 is 153 Å². The molecule has 1 fully saturated rings. The van der Waals surface area contributed by atoms with Crippen LogP contribution in [0.5, 0.6) is 0 Å². The van der Waals surface area contributed by atoms with Gasteiger partial charge in [0.1, 0.15) is 6.42 Å². The summed E-state index contributed by atoms with van der Waals surface area (Å²) in [6.45, 7) is 55.4. The molecule has 0 saturated heterocycles. The predicted molar refractivity (Wildman–Crippen MR) is 334 cm³/mol. The van der Waals surface area contributed by atoms with Crippen molar-refractivity contribution in [3.63, 3.8) is 0 Å². The zero-order valence-corrected chi connectivity index (χ0v) is 67.4. The average Bonchev–Trinajstić information content (AvgIpc) is 3.11. The van der Waals surface area contributed by atoms with E-state index in [0.717, 1.165) is 32.0 Å². The number of rotatable bonds is 34. The number of amides is 1. The first-order valence-electron chi connectivity index (χ1n) is 28.1. The first kappa shape index (κ1) is 80.2. The second-order valence-electron chi connectivity index (χ2n) is 28.3. The summed E-state index contributed by atoms with van der Waals surface area (Å²) in [4.78, 5) is 13.4. The summed E-state index contributed by atoms with van der Waals surface area (Å²) in [5, 5.41) is 0. The maximum absolute atomic E-state index is 15.4. The van der Waals surface area contributed by atoms with Gasteiger partial charge in [-0.25, -0.2) is 0 Å². The van der Waals surface area contributed by atoms with Crippen molar-refractivity contribution < 1.29 is 94.3 Å². The van der Waals surface area contributed by atoms with Crippen molar-refractivity contribution in [3.8, 4) is 0 Å². The number of carbonyl (C=O) groups is 1. The molecule has 0 aromatic rings. The minimum atomic E-state index is -6.40. The fourth-order valence-corrected chi connectivity index (χ4v) is 79.7. The second-order valence-corrected chi connectivity index (χ2v) is 78.6. The smallest absolute Gasteiger partial charge is 0.436 e. The van der Waals surface area contributed by atoms with Crippen molar-refractivity contribution >= 4 is 116 Å². The number of alkyl halides is 9. The number of hydrogen-bond acceptors (Lipinski definition) is 13. The van der Waals surface area contributed by atoms with Crippen LogP contribution >= 0.6 is 0 Å². The molecule has 0 aromatic heterocycles. The molecule has 0 radical (unpaired) electrons. The van der Waals surface area contributed by atoms with Gasteiger partial charge in [-0.2, -0.15) is 39.5 Å². The Hall–Kier alpha value is 1.18. The van der Waals surface area contributed by atoms with Gasteiger partial charge in [0.05, 0.1) is 8.07 Å². The van der Waals surface area contributed by atoms with Gasteiger partial charge >= 0.3 is 110 Å². The first-order valence-corrected chi connectivity index (χ1v) is 65.8.